The molecule has 0 saturated heterocycles. The Balaban J connectivity index is 2.00. The van der Waals surface area contributed by atoms with Gasteiger partial charge in [-0.25, -0.2) is 9.97 Å². The molecule has 2 rings (SSSR count). The molecule has 1 heterocycles. The molecule has 86 valence electrons. The van der Waals surface area contributed by atoms with Crippen molar-refractivity contribution in [2.24, 2.45) is 11.1 Å². The van der Waals surface area contributed by atoms with E-state index in [0.29, 0.717) is 5.56 Å². The topological polar surface area (TPSA) is 80.9 Å². The third-order valence-electron chi connectivity index (χ3n) is 3.47. The highest BCUT2D eigenvalue weighted by Gasteiger charge is 2.46. The van der Waals surface area contributed by atoms with Crippen LogP contribution in [0.2, 0.25) is 0 Å². The minimum absolute atomic E-state index is 0.0364. The van der Waals surface area contributed by atoms with E-state index in [4.69, 9.17) is 5.73 Å². The van der Waals surface area contributed by atoms with Crippen molar-refractivity contribution in [3.05, 3.63) is 24.3 Å². The number of aromatic nitrogens is 2. The van der Waals surface area contributed by atoms with Crippen LogP contribution in [0.5, 0.6) is 0 Å². The molecule has 2 atom stereocenters. The summed E-state index contributed by atoms with van der Waals surface area (Å²) in [5.41, 5.74) is 6.33. The molecule has 1 amide bonds. The summed E-state index contributed by atoms with van der Waals surface area (Å²) >= 11 is 0. The van der Waals surface area contributed by atoms with Crippen LogP contribution >= 0.6 is 0 Å². The maximum atomic E-state index is 11.8. The molecule has 1 aromatic rings. The smallest absolute Gasteiger partial charge is 0.254 e. The van der Waals surface area contributed by atoms with E-state index in [1.165, 1.54) is 18.7 Å². The number of nitrogens with two attached hydrogens (primary N) is 1. The van der Waals surface area contributed by atoms with Crippen molar-refractivity contribution in [3.63, 3.8) is 0 Å². The quantitative estimate of drug-likeness (QED) is 0.752. The van der Waals surface area contributed by atoms with Crippen molar-refractivity contribution in [2.45, 2.75) is 32.4 Å². The van der Waals surface area contributed by atoms with Crippen molar-refractivity contribution in [1.82, 2.24) is 15.3 Å². The lowest BCUT2D eigenvalue weighted by Crippen LogP contribution is -2.64. The number of nitrogens with one attached hydrogen (secondary N) is 1. The molecular weight excluding hydrogens is 204 g/mol. The van der Waals surface area contributed by atoms with Gasteiger partial charge in [-0.05, 0) is 6.42 Å². The SMILES string of the molecule is CC1(C)C(N)CC1NC(=O)c1cncnc1. The summed E-state index contributed by atoms with van der Waals surface area (Å²) in [6, 6.07) is 0.292. The third kappa shape index (κ3) is 1.78. The second kappa shape index (κ2) is 3.83. The molecule has 2 unspecified atom stereocenters. The minimum atomic E-state index is -0.134. The molecule has 0 spiro atoms. The van der Waals surface area contributed by atoms with Crippen LogP contribution in [0.25, 0.3) is 0 Å². The fourth-order valence-electron chi connectivity index (χ4n) is 1.86. The van der Waals surface area contributed by atoms with Gasteiger partial charge in [-0.15, -0.1) is 0 Å². The van der Waals surface area contributed by atoms with Gasteiger partial charge in [0.1, 0.15) is 6.33 Å². The van der Waals surface area contributed by atoms with Crippen molar-refractivity contribution in [1.29, 1.82) is 0 Å². The highest BCUT2D eigenvalue weighted by Crippen LogP contribution is 2.39. The van der Waals surface area contributed by atoms with E-state index in [9.17, 15) is 4.79 Å². The number of nitrogens with zero attached hydrogens (tertiary/aromatic N) is 2. The summed E-state index contributed by atoms with van der Waals surface area (Å²) in [7, 11) is 0. The van der Waals surface area contributed by atoms with E-state index >= 15 is 0 Å². The van der Waals surface area contributed by atoms with E-state index in [1.54, 1.807) is 0 Å². The molecule has 1 aliphatic rings. The van der Waals surface area contributed by atoms with E-state index in [1.807, 2.05) is 0 Å². The largest absolute Gasteiger partial charge is 0.349 e. The van der Waals surface area contributed by atoms with Gasteiger partial charge in [0.15, 0.2) is 0 Å². The first-order chi connectivity index (χ1) is 7.51. The zero-order valence-corrected chi connectivity index (χ0v) is 9.47. The first kappa shape index (κ1) is 11.0. The zero-order valence-electron chi connectivity index (χ0n) is 9.47. The minimum Gasteiger partial charge on any atom is -0.349 e. The van der Waals surface area contributed by atoms with Gasteiger partial charge in [-0.2, -0.15) is 0 Å². The molecule has 1 aliphatic carbocycles. The van der Waals surface area contributed by atoms with Crippen molar-refractivity contribution >= 4 is 5.91 Å². The summed E-state index contributed by atoms with van der Waals surface area (Å²) in [5.74, 6) is -0.134. The van der Waals surface area contributed by atoms with Gasteiger partial charge in [0.05, 0.1) is 5.56 Å². The molecule has 0 bridgehead atoms. The molecule has 16 heavy (non-hydrogen) atoms. The van der Waals surface area contributed by atoms with Crippen LogP contribution in [-0.4, -0.2) is 28.0 Å². The number of amides is 1. The van der Waals surface area contributed by atoms with Crippen molar-refractivity contribution in [3.8, 4) is 0 Å². The average molecular weight is 220 g/mol. The highest BCUT2D eigenvalue weighted by molar-refractivity contribution is 5.93. The second-order valence-electron chi connectivity index (χ2n) is 4.82. The Kier molecular flexibility index (Phi) is 2.63. The summed E-state index contributed by atoms with van der Waals surface area (Å²) in [6.07, 6.45) is 5.24. The fourth-order valence-corrected chi connectivity index (χ4v) is 1.86. The Labute approximate surface area is 94.5 Å². The summed E-state index contributed by atoms with van der Waals surface area (Å²) < 4.78 is 0. The molecule has 1 aromatic heterocycles. The maximum Gasteiger partial charge on any atom is 0.254 e. The van der Waals surface area contributed by atoms with Gasteiger partial charge in [-0.1, -0.05) is 13.8 Å². The molecule has 0 aromatic carbocycles. The lowest BCUT2D eigenvalue weighted by Gasteiger charge is -2.50. The number of carbonyl (C=O) groups excluding carboxylic acids is 1. The van der Waals surface area contributed by atoms with Gasteiger partial charge in [-0.3, -0.25) is 4.79 Å². The summed E-state index contributed by atoms with van der Waals surface area (Å²) in [5, 5.41) is 2.95. The molecule has 0 aliphatic heterocycles. The van der Waals surface area contributed by atoms with Crippen LogP contribution in [0.15, 0.2) is 18.7 Å². The van der Waals surface area contributed by atoms with Crippen LogP contribution in [0.4, 0.5) is 0 Å². The monoisotopic (exact) mass is 220 g/mol. The molecule has 5 heteroatoms. The van der Waals surface area contributed by atoms with Gasteiger partial charge in [0.25, 0.3) is 5.91 Å². The maximum absolute atomic E-state index is 11.8. The zero-order chi connectivity index (χ0) is 11.8. The molecular formula is C11H16N4O. The third-order valence-corrected chi connectivity index (χ3v) is 3.47. The number of hydrogen-bond acceptors (Lipinski definition) is 4. The van der Waals surface area contributed by atoms with Crippen LogP contribution < -0.4 is 11.1 Å². The van der Waals surface area contributed by atoms with Crippen molar-refractivity contribution < 1.29 is 4.79 Å². The second-order valence-corrected chi connectivity index (χ2v) is 4.82. The molecule has 3 N–H and O–H groups in total. The highest BCUT2D eigenvalue weighted by atomic mass is 16.1. The predicted molar refractivity (Wildman–Crippen MR) is 59.7 cm³/mol. The standard InChI is InChI=1S/C11H16N4O/c1-11(2)8(12)3-9(11)15-10(16)7-4-13-6-14-5-7/h4-6,8-9H,3,12H2,1-2H3,(H,15,16). The Hall–Kier alpha value is -1.49. The Morgan fingerprint density at radius 3 is 2.62 bits per heavy atom. The van der Waals surface area contributed by atoms with Gasteiger partial charge < -0.3 is 11.1 Å². The van der Waals surface area contributed by atoms with E-state index < -0.39 is 0 Å². The Morgan fingerprint density at radius 1 is 1.50 bits per heavy atom. The first-order valence-electron chi connectivity index (χ1n) is 5.33. The van der Waals surface area contributed by atoms with Crippen LogP contribution in [-0.2, 0) is 0 Å². The predicted octanol–water partition coefficient (Wildman–Crippen LogP) is 0.332. The Bertz CT molecular complexity index is 390. The van der Waals surface area contributed by atoms with Crippen LogP contribution in [0, 0.1) is 5.41 Å². The van der Waals surface area contributed by atoms with Crippen molar-refractivity contribution in [2.75, 3.05) is 0 Å². The lowest BCUT2D eigenvalue weighted by atomic mass is 9.63. The lowest BCUT2D eigenvalue weighted by molar-refractivity contribution is 0.0586. The molecule has 1 saturated carbocycles. The number of carbonyl (C=O) groups is 1. The number of rotatable bonds is 2. The summed E-state index contributed by atoms with van der Waals surface area (Å²) in [4.78, 5) is 19.4. The molecule has 5 nitrogen and oxygen atoms in total. The van der Waals surface area contributed by atoms with E-state index in [-0.39, 0.29) is 23.4 Å². The average Bonchev–Trinajstić information content (AvgIpc) is 2.29. The van der Waals surface area contributed by atoms with Crippen LogP contribution in [0.3, 0.4) is 0 Å². The Morgan fingerprint density at radius 2 is 2.12 bits per heavy atom. The first-order valence-corrected chi connectivity index (χ1v) is 5.33. The van der Waals surface area contributed by atoms with Crippen LogP contribution in [0.1, 0.15) is 30.6 Å². The normalized spacial score (nSPS) is 26.9. The van der Waals surface area contributed by atoms with E-state index in [2.05, 4.69) is 29.1 Å². The fraction of sp³-hybridized carbons (Fsp3) is 0.545. The molecule has 0 radical (unpaired) electrons. The summed E-state index contributed by atoms with van der Waals surface area (Å²) in [6.45, 7) is 4.13. The van der Waals surface area contributed by atoms with Gasteiger partial charge in [0.2, 0.25) is 0 Å². The molecule has 1 fully saturated rings. The van der Waals surface area contributed by atoms with E-state index in [0.717, 1.165) is 6.42 Å². The van der Waals surface area contributed by atoms with Gasteiger partial charge in [0, 0.05) is 29.9 Å². The van der Waals surface area contributed by atoms with Gasteiger partial charge >= 0.3 is 0 Å². The number of hydrogen-bond donors (Lipinski definition) is 2.